The Balaban J connectivity index is 4.82. The number of allylic oxidation sites excluding steroid dienone is 13. The third kappa shape index (κ3) is 49.6. The second kappa shape index (κ2) is 52.0. The van der Waals surface area contributed by atoms with E-state index >= 15 is 0 Å². The van der Waals surface area contributed by atoms with Crippen LogP contribution in [0.5, 0.6) is 0 Å². The molecule has 0 aromatic heterocycles. The fourth-order valence-electron chi connectivity index (χ4n) is 7.18. The molecule has 2 N–H and O–H groups in total. The zero-order chi connectivity index (χ0) is 51.3. The van der Waals surface area contributed by atoms with E-state index < -0.39 is 57.8 Å². The Morgan fingerprint density at radius 1 is 0.429 bits per heavy atom. The van der Waals surface area contributed by atoms with Gasteiger partial charge in [-0.1, -0.05) is 221 Å². The maximum absolute atomic E-state index is 12.9. The van der Waals surface area contributed by atoms with E-state index in [0.29, 0.717) is 19.3 Å². The molecule has 0 bridgehead atoms. The zero-order valence-electron chi connectivity index (χ0n) is 44.2. The van der Waals surface area contributed by atoms with Crippen molar-refractivity contribution in [2.45, 2.75) is 238 Å². The number of phosphoric ester groups is 1. The van der Waals surface area contributed by atoms with Crippen molar-refractivity contribution < 1.29 is 52.2 Å². The molecule has 70 heavy (non-hydrogen) atoms. The molecule has 11 nitrogen and oxygen atoms in total. The van der Waals surface area contributed by atoms with Gasteiger partial charge in [-0.3, -0.25) is 23.4 Å². The molecule has 12 heteroatoms. The number of carbonyl (C=O) groups excluding carboxylic acids is 3. The fraction of sp³-hybridized carbons (Fsp3) is 0.707. The minimum absolute atomic E-state index is 0.0694. The Kier molecular flexibility index (Phi) is 49.5. The molecule has 0 aliphatic carbocycles. The molecule has 0 saturated carbocycles. The molecule has 3 unspecified atom stereocenters. The molecule has 0 amide bonds. The number of hydrogen-bond donors (Lipinski definition) is 2. The number of aliphatic hydroxyl groups is 1. The van der Waals surface area contributed by atoms with Crippen molar-refractivity contribution in [3.63, 3.8) is 0 Å². The number of hydrogen-bond acceptors (Lipinski definition) is 10. The van der Waals surface area contributed by atoms with E-state index in [1.165, 1.54) is 70.6 Å². The highest BCUT2D eigenvalue weighted by atomic mass is 31.2. The van der Waals surface area contributed by atoms with Gasteiger partial charge in [-0.25, -0.2) is 4.57 Å². The summed E-state index contributed by atoms with van der Waals surface area (Å²) >= 11 is 0. The number of ether oxygens (including phenoxy) is 3. The van der Waals surface area contributed by atoms with Gasteiger partial charge in [-0.15, -0.1) is 0 Å². The van der Waals surface area contributed by atoms with Crippen LogP contribution in [0.2, 0.25) is 0 Å². The molecular weight excluding hydrogens is 904 g/mol. The summed E-state index contributed by atoms with van der Waals surface area (Å²) in [4.78, 5) is 48.3. The summed E-state index contributed by atoms with van der Waals surface area (Å²) in [7, 11) is -4.77. The molecule has 0 spiro atoms. The Labute approximate surface area is 426 Å². The van der Waals surface area contributed by atoms with Gasteiger partial charge in [0.2, 0.25) is 0 Å². The van der Waals surface area contributed by atoms with Crippen molar-refractivity contribution in [3.8, 4) is 0 Å². The predicted molar refractivity (Wildman–Crippen MR) is 288 cm³/mol. The molecule has 0 heterocycles. The summed E-state index contributed by atoms with van der Waals surface area (Å²) in [5.74, 6) is -1.64. The van der Waals surface area contributed by atoms with E-state index in [-0.39, 0.29) is 25.9 Å². The number of carbonyl (C=O) groups is 3. The van der Waals surface area contributed by atoms with E-state index in [1.54, 1.807) is 6.08 Å². The lowest BCUT2D eigenvalue weighted by molar-refractivity contribution is -0.160. The smallest absolute Gasteiger partial charge is 0.462 e. The third-order valence-electron chi connectivity index (χ3n) is 11.3. The molecule has 0 aliphatic rings. The standard InChI is InChI=1S/C58H99O11P/c1-4-7-10-13-16-19-22-25-27-30-33-36-39-42-45-48-57(61)68-54(50-59)52-66-70(63,64)67-53-55(51-65-56(60)47-44-41-38-35-32-29-24-21-18-15-12-9-6-3)69-58(62)49-46-43-40-37-34-31-28-26-23-20-17-14-11-8-5-2/h8,11-12,15,17,20-21,24,26,28,34,37,43,46,54-55,59H,4-7,9-10,13-14,16,18-19,22-23,25,27,29-33,35-36,38-42,44-45,47-53H2,1-3H3,(H,63,64)/b11-8-,15-12-,20-17-,24-21-,28-26-,37-34-,46-43-. The zero-order valence-corrected chi connectivity index (χ0v) is 45.1. The van der Waals surface area contributed by atoms with Gasteiger partial charge in [0, 0.05) is 12.8 Å². The molecular formula is C58H99O11P. The number of aliphatic hydroxyl groups excluding tert-OH is 1. The molecule has 0 rings (SSSR count). The van der Waals surface area contributed by atoms with Crippen LogP contribution in [0.3, 0.4) is 0 Å². The maximum Gasteiger partial charge on any atom is 0.472 e. The van der Waals surface area contributed by atoms with E-state index in [2.05, 4.69) is 81.5 Å². The summed E-state index contributed by atoms with van der Waals surface area (Å²) < 4.78 is 39.3. The van der Waals surface area contributed by atoms with Crippen molar-refractivity contribution in [3.05, 3.63) is 85.1 Å². The van der Waals surface area contributed by atoms with E-state index in [1.807, 2.05) is 18.2 Å². The third-order valence-corrected chi connectivity index (χ3v) is 12.3. The fourth-order valence-corrected chi connectivity index (χ4v) is 7.96. The van der Waals surface area contributed by atoms with Crippen LogP contribution in [0.1, 0.15) is 226 Å². The van der Waals surface area contributed by atoms with Crippen LogP contribution in [-0.4, -0.2) is 66.5 Å². The summed E-state index contributed by atoms with van der Waals surface area (Å²) in [5.41, 5.74) is 0. The molecule has 3 atom stereocenters. The van der Waals surface area contributed by atoms with Gasteiger partial charge in [-0.05, 0) is 70.6 Å². The molecule has 0 saturated heterocycles. The maximum atomic E-state index is 12.9. The largest absolute Gasteiger partial charge is 0.472 e. The Hall–Kier alpha value is -3.34. The highest BCUT2D eigenvalue weighted by Crippen LogP contribution is 2.43. The minimum atomic E-state index is -4.77. The van der Waals surface area contributed by atoms with Crippen molar-refractivity contribution in [2.24, 2.45) is 0 Å². The van der Waals surface area contributed by atoms with E-state index in [9.17, 15) is 28.9 Å². The second-order valence-electron chi connectivity index (χ2n) is 18.0. The van der Waals surface area contributed by atoms with E-state index in [0.717, 1.165) is 96.3 Å². The number of rotatable bonds is 50. The van der Waals surface area contributed by atoms with Gasteiger partial charge < -0.3 is 24.2 Å². The van der Waals surface area contributed by atoms with Gasteiger partial charge in [0.25, 0.3) is 0 Å². The van der Waals surface area contributed by atoms with E-state index in [4.69, 9.17) is 23.3 Å². The Morgan fingerprint density at radius 2 is 0.829 bits per heavy atom. The normalized spacial score (nSPS) is 14.1. The topological polar surface area (TPSA) is 155 Å². The first kappa shape index (κ1) is 66.7. The first-order chi connectivity index (χ1) is 34.2. The van der Waals surface area contributed by atoms with Crippen molar-refractivity contribution in [2.75, 3.05) is 26.4 Å². The van der Waals surface area contributed by atoms with Crippen molar-refractivity contribution >= 4 is 25.7 Å². The first-order valence-electron chi connectivity index (χ1n) is 27.5. The first-order valence-corrected chi connectivity index (χ1v) is 29.0. The lowest BCUT2D eigenvalue weighted by Crippen LogP contribution is -2.30. The lowest BCUT2D eigenvalue weighted by Gasteiger charge is -2.21. The molecule has 0 aromatic rings. The highest BCUT2D eigenvalue weighted by Gasteiger charge is 2.28. The summed E-state index contributed by atoms with van der Waals surface area (Å²) in [6, 6.07) is 0. The van der Waals surface area contributed by atoms with Gasteiger partial charge in [0.1, 0.15) is 12.7 Å². The van der Waals surface area contributed by atoms with Crippen LogP contribution >= 0.6 is 7.82 Å². The molecule has 0 aliphatic heterocycles. The summed E-state index contributed by atoms with van der Waals surface area (Å²) in [6.07, 6.45) is 58.6. The average molecular weight is 1000 g/mol. The van der Waals surface area contributed by atoms with Crippen LogP contribution in [0, 0.1) is 0 Å². The summed E-state index contributed by atoms with van der Waals surface area (Å²) in [5, 5.41) is 9.80. The quantitative estimate of drug-likeness (QED) is 0.0197. The average Bonchev–Trinajstić information content (AvgIpc) is 3.35. The van der Waals surface area contributed by atoms with Gasteiger partial charge in [-0.2, -0.15) is 0 Å². The number of esters is 3. The van der Waals surface area contributed by atoms with Crippen LogP contribution in [-0.2, 0) is 42.2 Å². The van der Waals surface area contributed by atoms with Gasteiger partial charge >= 0.3 is 25.7 Å². The number of unbranched alkanes of at least 4 members (excludes halogenated alkanes) is 20. The highest BCUT2D eigenvalue weighted by molar-refractivity contribution is 7.47. The predicted octanol–water partition coefficient (Wildman–Crippen LogP) is 15.9. The molecule has 0 radical (unpaired) electrons. The number of phosphoric acid groups is 1. The second-order valence-corrected chi connectivity index (χ2v) is 19.5. The van der Waals surface area contributed by atoms with Gasteiger partial charge in [0.05, 0.1) is 26.2 Å². The van der Waals surface area contributed by atoms with Gasteiger partial charge in [0.15, 0.2) is 6.10 Å². The molecule has 0 aromatic carbocycles. The van der Waals surface area contributed by atoms with Crippen LogP contribution < -0.4 is 0 Å². The molecule has 402 valence electrons. The van der Waals surface area contributed by atoms with Crippen molar-refractivity contribution in [1.82, 2.24) is 0 Å². The lowest BCUT2D eigenvalue weighted by atomic mass is 10.0. The Morgan fingerprint density at radius 3 is 1.31 bits per heavy atom. The SMILES string of the molecule is CC/C=C\C/C=C\C/C=C\C/C=C\C/C=C\CC(=O)OC(COC(=O)CCCCCCC/C=C\C/C=C\CCC)COP(=O)(O)OCC(CO)OC(=O)CCCCCCCCCCCCCCCCC. The van der Waals surface area contributed by atoms with Crippen molar-refractivity contribution in [1.29, 1.82) is 0 Å². The minimum Gasteiger partial charge on any atom is -0.462 e. The van der Waals surface area contributed by atoms with Crippen LogP contribution in [0.25, 0.3) is 0 Å². The Bertz CT molecular complexity index is 1500. The van der Waals surface area contributed by atoms with Crippen LogP contribution in [0.15, 0.2) is 85.1 Å². The van der Waals surface area contributed by atoms with Crippen LogP contribution in [0.4, 0.5) is 0 Å². The summed E-state index contributed by atoms with van der Waals surface area (Å²) in [6.45, 7) is 4.34. The monoisotopic (exact) mass is 1000 g/mol. The molecule has 0 fully saturated rings.